The Kier molecular flexibility index (Phi) is 5.27. The van der Waals surface area contributed by atoms with Gasteiger partial charge in [-0.1, -0.05) is 36.0 Å². The number of carbonyl (C=O) groups is 1. The average molecular weight is 362 g/mol. The van der Waals surface area contributed by atoms with Crippen molar-refractivity contribution >= 4 is 29.0 Å². The Morgan fingerprint density at radius 3 is 2.79 bits per heavy atom. The van der Waals surface area contributed by atoms with E-state index in [4.69, 9.17) is 5.73 Å². The Balaban J connectivity index is 1.84. The first-order valence-corrected chi connectivity index (χ1v) is 9.13. The van der Waals surface area contributed by atoms with E-state index in [0.717, 1.165) is 4.88 Å². The van der Waals surface area contributed by atoms with Gasteiger partial charge < -0.3 is 10.3 Å². The van der Waals surface area contributed by atoms with E-state index >= 15 is 0 Å². The van der Waals surface area contributed by atoms with Gasteiger partial charge in [0, 0.05) is 18.7 Å². The first-order valence-electron chi connectivity index (χ1n) is 7.26. The van der Waals surface area contributed by atoms with Gasteiger partial charge in [-0.15, -0.1) is 21.5 Å². The molecule has 2 heterocycles. The predicted molar refractivity (Wildman–Crippen MR) is 93.1 cm³/mol. The van der Waals surface area contributed by atoms with Crippen LogP contribution in [0.1, 0.15) is 12.0 Å². The zero-order valence-electron chi connectivity index (χ0n) is 12.7. The topological polar surface area (TPSA) is 73.8 Å². The Bertz CT molecular complexity index is 832. The number of rotatable bonds is 7. The van der Waals surface area contributed by atoms with Crippen molar-refractivity contribution in [1.29, 1.82) is 0 Å². The Labute approximate surface area is 146 Å². The summed E-state index contributed by atoms with van der Waals surface area (Å²) >= 11 is 2.93. The predicted octanol–water partition coefficient (Wildman–Crippen LogP) is 3.31. The van der Waals surface area contributed by atoms with E-state index in [9.17, 15) is 9.18 Å². The largest absolute Gasteiger partial charge is 0.370 e. The van der Waals surface area contributed by atoms with Gasteiger partial charge in [-0.05, 0) is 23.1 Å². The minimum atomic E-state index is -0.383. The van der Waals surface area contributed by atoms with Gasteiger partial charge >= 0.3 is 0 Å². The van der Waals surface area contributed by atoms with E-state index in [2.05, 4.69) is 10.2 Å². The molecule has 8 heteroatoms. The van der Waals surface area contributed by atoms with Crippen molar-refractivity contribution in [2.24, 2.45) is 5.73 Å². The summed E-state index contributed by atoms with van der Waals surface area (Å²) in [7, 11) is 0. The zero-order chi connectivity index (χ0) is 16.9. The maximum absolute atomic E-state index is 13.8. The van der Waals surface area contributed by atoms with Gasteiger partial charge in [-0.25, -0.2) is 4.39 Å². The van der Waals surface area contributed by atoms with E-state index in [0.29, 0.717) is 28.8 Å². The van der Waals surface area contributed by atoms with E-state index in [-0.39, 0.29) is 18.1 Å². The number of halogens is 1. The van der Waals surface area contributed by atoms with Crippen molar-refractivity contribution in [3.8, 4) is 10.7 Å². The zero-order valence-corrected chi connectivity index (χ0v) is 14.3. The molecular weight excluding hydrogens is 347 g/mol. The summed E-state index contributed by atoms with van der Waals surface area (Å²) in [6, 6.07) is 10.5. The molecule has 0 aliphatic carbocycles. The second-order valence-corrected chi connectivity index (χ2v) is 6.92. The molecule has 2 aromatic heterocycles. The number of thioether (sulfide) groups is 1. The summed E-state index contributed by atoms with van der Waals surface area (Å²) < 4.78 is 15.6. The number of hydrogen-bond acceptors (Lipinski definition) is 5. The number of aromatic nitrogens is 3. The molecule has 0 unspecified atom stereocenters. The van der Waals surface area contributed by atoms with Crippen LogP contribution in [0.3, 0.4) is 0 Å². The standard InChI is InChI=1S/C16H15FN4OS2/c17-12-5-2-1-4-11(12)10-24-16-20-19-15(13-6-3-9-23-13)21(16)8-7-14(18)22/h1-6,9H,7-8,10H2,(H2,18,22). The molecule has 0 saturated heterocycles. The van der Waals surface area contributed by atoms with Crippen LogP contribution in [0.4, 0.5) is 4.39 Å². The highest BCUT2D eigenvalue weighted by Gasteiger charge is 2.16. The SMILES string of the molecule is NC(=O)CCn1c(SCc2ccccc2F)nnc1-c1cccs1. The lowest BCUT2D eigenvalue weighted by Gasteiger charge is -2.08. The van der Waals surface area contributed by atoms with Crippen LogP contribution in [0.2, 0.25) is 0 Å². The average Bonchev–Trinajstić information content (AvgIpc) is 3.21. The summed E-state index contributed by atoms with van der Waals surface area (Å²) in [4.78, 5) is 12.1. The Hall–Kier alpha value is -2.19. The van der Waals surface area contributed by atoms with Crippen molar-refractivity contribution in [3.05, 3.63) is 53.2 Å². The van der Waals surface area contributed by atoms with E-state index in [1.807, 2.05) is 22.1 Å². The lowest BCUT2D eigenvalue weighted by Crippen LogP contribution is -2.14. The number of hydrogen-bond donors (Lipinski definition) is 1. The molecule has 2 N–H and O–H groups in total. The molecule has 0 atom stereocenters. The summed E-state index contributed by atoms with van der Waals surface area (Å²) in [6.45, 7) is 0.398. The third-order valence-electron chi connectivity index (χ3n) is 3.35. The first kappa shape index (κ1) is 16.7. The minimum absolute atomic E-state index is 0.198. The van der Waals surface area contributed by atoms with Gasteiger partial charge in [0.05, 0.1) is 4.88 Å². The summed E-state index contributed by atoms with van der Waals surface area (Å²) in [6.07, 6.45) is 0.198. The summed E-state index contributed by atoms with van der Waals surface area (Å²) in [5, 5.41) is 11.0. The first-order chi connectivity index (χ1) is 11.6. The van der Waals surface area contributed by atoms with Crippen LogP contribution in [-0.2, 0) is 17.1 Å². The Morgan fingerprint density at radius 1 is 1.25 bits per heavy atom. The lowest BCUT2D eigenvalue weighted by molar-refractivity contribution is -0.118. The van der Waals surface area contributed by atoms with Crippen LogP contribution >= 0.6 is 23.1 Å². The fourth-order valence-electron chi connectivity index (χ4n) is 2.16. The van der Waals surface area contributed by atoms with Gasteiger partial charge in [0.25, 0.3) is 0 Å². The molecular formula is C16H15FN4OS2. The molecule has 1 amide bonds. The fraction of sp³-hybridized carbons (Fsp3) is 0.188. The molecule has 0 spiro atoms. The molecule has 0 radical (unpaired) electrons. The quantitative estimate of drug-likeness (QED) is 0.655. The van der Waals surface area contributed by atoms with Crippen molar-refractivity contribution in [2.75, 3.05) is 0 Å². The van der Waals surface area contributed by atoms with Gasteiger partial charge in [-0.3, -0.25) is 4.79 Å². The highest BCUT2D eigenvalue weighted by Crippen LogP contribution is 2.29. The van der Waals surface area contributed by atoms with Crippen LogP contribution in [0, 0.1) is 5.82 Å². The molecule has 124 valence electrons. The van der Waals surface area contributed by atoms with Gasteiger partial charge in [0.15, 0.2) is 11.0 Å². The van der Waals surface area contributed by atoms with Crippen LogP contribution < -0.4 is 5.73 Å². The van der Waals surface area contributed by atoms with E-state index < -0.39 is 0 Å². The van der Waals surface area contributed by atoms with Crippen LogP contribution in [0.5, 0.6) is 0 Å². The van der Waals surface area contributed by atoms with Crippen molar-refractivity contribution < 1.29 is 9.18 Å². The normalized spacial score (nSPS) is 10.9. The number of nitrogens with zero attached hydrogens (tertiary/aromatic N) is 3. The molecule has 5 nitrogen and oxygen atoms in total. The van der Waals surface area contributed by atoms with E-state index in [1.165, 1.54) is 17.8 Å². The van der Waals surface area contributed by atoms with Crippen LogP contribution in [0.25, 0.3) is 10.7 Å². The molecule has 0 aliphatic rings. The highest BCUT2D eigenvalue weighted by atomic mass is 32.2. The maximum Gasteiger partial charge on any atom is 0.219 e. The lowest BCUT2D eigenvalue weighted by atomic mass is 10.2. The number of primary amides is 1. The monoisotopic (exact) mass is 362 g/mol. The van der Waals surface area contributed by atoms with Gasteiger partial charge in [0.2, 0.25) is 5.91 Å². The molecule has 0 saturated carbocycles. The summed E-state index contributed by atoms with van der Waals surface area (Å²) in [5.41, 5.74) is 5.87. The number of amides is 1. The number of benzene rings is 1. The van der Waals surface area contributed by atoms with Crippen molar-refractivity contribution in [3.63, 3.8) is 0 Å². The second-order valence-electron chi connectivity index (χ2n) is 5.03. The van der Waals surface area contributed by atoms with Crippen LogP contribution in [-0.4, -0.2) is 20.7 Å². The van der Waals surface area contributed by atoms with E-state index in [1.54, 1.807) is 29.5 Å². The Morgan fingerprint density at radius 2 is 2.08 bits per heavy atom. The number of carbonyl (C=O) groups excluding carboxylic acids is 1. The maximum atomic E-state index is 13.8. The highest BCUT2D eigenvalue weighted by molar-refractivity contribution is 7.98. The van der Waals surface area contributed by atoms with Crippen molar-refractivity contribution in [1.82, 2.24) is 14.8 Å². The molecule has 1 aromatic carbocycles. The van der Waals surface area contributed by atoms with Crippen LogP contribution in [0.15, 0.2) is 46.9 Å². The minimum Gasteiger partial charge on any atom is -0.370 e. The molecule has 3 rings (SSSR count). The third-order valence-corrected chi connectivity index (χ3v) is 5.24. The smallest absolute Gasteiger partial charge is 0.219 e. The third kappa shape index (κ3) is 3.82. The summed E-state index contributed by atoms with van der Waals surface area (Å²) in [5.74, 6) is 0.506. The molecule has 3 aromatic rings. The molecule has 24 heavy (non-hydrogen) atoms. The molecule has 0 bridgehead atoms. The molecule has 0 aliphatic heterocycles. The van der Waals surface area contributed by atoms with Crippen molar-refractivity contribution in [2.45, 2.75) is 23.9 Å². The van der Waals surface area contributed by atoms with Gasteiger partial charge in [-0.2, -0.15) is 0 Å². The van der Waals surface area contributed by atoms with Gasteiger partial charge in [0.1, 0.15) is 5.82 Å². The molecule has 0 fully saturated rings. The fourth-order valence-corrected chi connectivity index (χ4v) is 3.83. The number of thiophene rings is 1. The number of nitrogens with two attached hydrogens (primary N) is 1. The second kappa shape index (κ2) is 7.59.